The molecule has 98 valence electrons. The van der Waals surface area contributed by atoms with Crippen molar-refractivity contribution in [3.8, 4) is 0 Å². The zero-order chi connectivity index (χ0) is 13.2. The molecule has 0 fully saturated rings. The van der Waals surface area contributed by atoms with Crippen LogP contribution < -0.4 is 5.32 Å². The molecule has 0 heterocycles. The van der Waals surface area contributed by atoms with Gasteiger partial charge in [0.05, 0.1) is 0 Å². The SMILES string of the molecule is Cc1ccc2c(c1)C(NC(C)c1ccccc1)CC2. The van der Waals surface area contributed by atoms with Crippen molar-refractivity contribution >= 4 is 0 Å². The molecule has 0 bridgehead atoms. The molecule has 19 heavy (non-hydrogen) atoms. The summed E-state index contributed by atoms with van der Waals surface area (Å²) in [5, 5.41) is 3.78. The maximum atomic E-state index is 3.78. The van der Waals surface area contributed by atoms with Gasteiger partial charge < -0.3 is 5.32 Å². The molecule has 2 unspecified atom stereocenters. The number of fused-ring (bicyclic) bond motifs is 1. The van der Waals surface area contributed by atoms with Crippen LogP contribution in [-0.4, -0.2) is 0 Å². The lowest BCUT2D eigenvalue weighted by Gasteiger charge is -2.21. The molecule has 0 aliphatic heterocycles. The van der Waals surface area contributed by atoms with Crippen LogP contribution in [0.25, 0.3) is 0 Å². The van der Waals surface area contributed by atoms with E-state index in [0.717, 1.165) is 0 Å². The van der Waals surface area contributed by atoms with Crippen molar-refractivity contribution in [2.45, 2.75) is 38.8 Å². The third-order valence-electron chi connectivity index (χ3n) is 4.13. The molecule has 0 radical (unpaired) electrons. The van der Waals surface area contributed by atoms with E-state index >= 15 is 0 Å². The monoisotopic (exact) mass is 251 g/mol. The van der Waals surface area contributed by atoms with Gasteiger partial charge in [-0.1, -0.05) is 54.1 Å². The predicted octanol–water partition coefficient (Wildman–Crippen LogP) is 4.33. The van der Waals surface area contributed by atoms with Crippen LogP contribution in [0, 0.1) is 6.92 Å². The molecule has 2 aromatic rings. The van der Waals surface area contributed by atoms with Crippen LogP contribution in [-0.2, 0) is 6.42 Å². The molecular formula is C18H21N. The van der Waals surface area contributed by atoms with Gasteiger partial charge in [0.2, 0.25) is 0 Å². The molecule has 3 rings (SSSR count). The highest BCUT2D eigenvalue weighted by Crippen LogP contribution is 2.33. The minimum Gasteiger partial charge on any atom is -0.303 e. The smallest absolute Gasteiger partial charge is 0.0331 e. The molecule has 1 N–H and O–H groups in total. The van der Waals surface area contributed by atoms with E-state index in [1.807, 2.05) is 0 Å². The summed E-state index contributed by atoms with van der Waals surface area (Å²) >= 11 is 0. The molecule has 0 saturated heterocycles. The Bertz CT molecular complexity index is 559. The summed E-state index contributed by atoms with van der Waals surface area (Å²) in [5.41, 5.74) is 5.74. The maximum Gasteiger partial charge on any atom is 0.0331 e. The van der Waals surface area contributed by atoms with Gasteiger partial charge in [-0.15, -0.1) is 0 Å². The van der Waals surface area contributed by atoms with Crippen LogP contribution in [0.15, 0.2) is 48.5 Å². The van der Waals surface area contributed by atoms with Crippen LogP contribution in [0.4, 0.5) is 0 Å². The first kappa shape index (κ1) is 12.4. The quantitative estimate of drug-likeness (QED) is 0.856. The predicted molar refractivity (Wildman–Crippen MR) is 80.2 cm³/mol. The topological polar surface area (TPSA) is 12.0 Å². The highest BCUT2D eigenvalue weighted by molar-refractivity contribution is 5.38. The second-order valence-corrected chi connectivity index (χ2v) is 5.59. The van der Waals surface area contributed by atoms with E-state index in [4.69, 9.17) is 0 Å². The van der Waals surface area contributed by atoms with Gasteiger partial charge in [0.25, 0.3) is 0 Å². The minimum atomic E-state index is 0.401. The normalized spacial score (nSPS) is 19.2. The number of rotatable bonds is 3. The fraction of sp³-hybridized carbons (Fsp3) is 0.333. The molecule has 0 spiro atoms. The number of hydrogen-bond acceptors (Lipinski definition) is 1. The van der Waals surface area contributed by atoms with E-state index in [-0.39, 0.29) is 0 Å². The van der Waals surface area contributed by atoms with Crippen molar-refractivity contribution in [2.75, 3.05) is 0 Å². The molecular weight excluding hydrogens is 230 g/mol. The van der Waals surface area contributed by atoms with Crippen LogP contribution in [0.1, 0.15) is 47.7 Å². The average Bonchev–Trinajstić information content (AvgIpc) is 2.82. The van der Waals surface area contributed by atoms with Gasteiger partial charge in [0.15, 0.2) is 0 Å². The van der Waals surface area contributed by atoms with Crippen molar-refractivity contribution in [2.24, 2.45) is 0 Å². The highest BCUT2D eigenvalue weighted by atomic mass is 14.9. The Hall–Kier alpha value is -1.60. The zero-order valence-electron chi connectivity index (χ0n) is 11.7. The molecule has 2 aromatic carbocycles. The van der Waals surface area contributed by atoms with Crippen molar-refractivity contribution in [1.82, 2.24) is 5.32 Å². The third-order valence-corrected chi connectivity index (χ3v) is 4.13. The van der Waals surface area contributed by atoms with Crippen molar-refractivity contribution < 1.29 is 0 Å². The standard InChI is InChI=1S/C18H21N/c1-13-8-9-16-10-11-18(17(16)12-13)19-14(2)15-6-4-3-5-7-15/h3-9,12,14,18-19H,10-11H2,1-2H3. The average molecular weight is 251 g/mol. The van der Waals surface area contributed by atoms with E-state index in [0.29, 0.717) is 12.1 Å². The van der Waals surface area contributed by atoms with Gasteiger partial charge in [-0.3, -0.25) is 0 Å². The number of hydrogen-bond donors (Lipinski definition) is 1. The molecule has 0 amide bonds. The number of nitrogens with one attached hydrogen (secondary N) is 1. The zero-order valence-corrected chi connectivity index (χ0v) is 11.7. The summed E-state index contributed by atoms with van der Waals surface area (Å²) in [5.74, 6) is 0. The van der Waals surface area contributed by atoms with Crippen molar-refractivity contribution in [3.63, 3.8) is 0 Å². The Morgan fingerprint density at radius 1 is 1.11 bits per heavy atom. The molecule has 1 aliphatic rings. The van der Waals surface area contributed by atoms with Gasteiger partial charge >= 0.3 is 0 Å². The Morgan fingerprint density at radius 2 is 1.89 bits per heavy atom. The fourth-order valence-electron chi connectivity index (χ4n) is 3.03. The first-order chi connectivity index (χ1) is 9.24. The summed E-state index contributed by atoms with van der Waals surface area (Å²) in [6, 6.07) is 18.5. The van der Waals surface area contributed by atoms with Gasteiger partial charge in [-0.2, -0.15) is 0 Å². The molecule has 0 aromatic heterocycles. The van der Waals surface area contributed by atoms with Crippen LogP contribution >= 0.6 is 0 Å². The molecule has 1 aliphatic carbocycles. The summed E-state index contributed by atoms with van der Waals surface area (Å²) in [7, 11) is 0. The lowest BCUT2D eigenvalue weighted by Crippen LogP contribution is -2.23. The van der Waals surface area contributed by atoms with E-state index in [2.05, 4.69) is 67.7 Å². The summed E-state index contributed by atoms with van der Waals surface area (Å²) in [6.07, 6.45) is 2.42. The first-order valence-corrected chi connectivity index (χ1v) is 7.14. The Labute approximate surface area is 115 Å². The van der Waals surface area contributed by atoms with Gasteiger partial charge in [0, 0.05) is 12.1 Å². The lowest BCUT2D eigenvalue weighted by molar-refractivity contribution is 0.465. The van der Waals surface area contributed by atoms with Gasteiger partial charge in [-0.25, -0.2) is 0 Å². The lowest BCUT2D eigenvalue weighted by atomic mass is 10.0. The Kier molecular flexibility index (Phi) is 3.39. The highest BCUT2D eigenvalue weighted by Gasteiger charge is 2.23. The summed E-state index contributed by atoms with van der Waals surface area (Å²) < 4.78 is 0. The van der Waals surface area contributed by atoms with Crippen LogP contribution in [0.3, 0.4) is 0 Å². The number of benzene rings is 2. The number of aryl methyl sites for hydroxylation is 2. The fourth-order valence-corrected chi connectivity index (χ4v) is 3.03. The molecule has 0 saturated carbocycles. The minimum absolute atomic E-state index is 0.401. The van der Waals surface area contributed by atoms with E-state index in [1.165, 1.54) is 35.1 Å². The summed E-state index contributed by atoms with van der Waals surface area (Å²) in [4.78, 5) is 0. The van der Waals surface area contributed by atoms with Crippen molar-refractivity contribution in [1.29, 1.82) is 0 Å². The van der Waals surface area contributed by atoms with E-state index < -0.39 is 0 Å². The second kappa shape index (κ2) is 5.18. The first-order valence-electron chi connectivity index (χ1n) is 7.14. The van der Waals surface area contributed by atoms with E-state index in [1.54, 1.807) is 0 Å². The van der Waals surface area contributed by atoms with Crippen LogP contribution in [0.2, 0.25) is 0 Å². The maximum absolute atomic E-state index is 3.78. The molecule has 2 atom stereocenters. The van der Waals surface area contributed by atoms with Gasteiger partial charge in [0.1, 0.15) is 0 Å². The van der Waals surface area contributed by atoms with Crippen LogP contribution in [0.5, 0.6) is 0 Å². The van der Waals surface area contributed by atoms with E-state index in [9.17, 15) is 0 Å². The Morgan fingerprint density at radius 3 is 2.68 bits per heavy atom. The van der Waals surface area contributed by atoms with Crippen molar-refractivity contribution in [3.05, 3.63) is 70.8 Å². The largest absolute Gasteiger partial charge is 0.303 e. The molecule has 1 heteroatoms. The molecule has 1 nitrogen and oxygen atoms in total. The second-order valence-electron chi connectivity index (χ2n) is 5.59. The third kappa shape index (κ3) is 2.57. The Balaban J connectivity index is 1.78. The summed E-state index contributed by atoms with van der Waals surface area (Å²) in [6.45, 7) is 4.43. The van der Waals surface area contributed by atoms with Gasteiger partial charge in [-0.05, 0) is 43.4 Å².